The van der Waals surface area contributed by atoms with E-state index in [1.807, 2.05) is 0 Å². The minimum Gasteiger partial charge on any atom is -0.312 e. The number of nitrogens with zero attached hydrogens (tertiary/aromatic N) is 1. The van der Waals surface area contributed by atoms with E-state index < -0.39 is 0 Å². The predicted octanol–water partition coefficient (Wildman–Crippen LogP) is 4.06. The summed E-state index contributed by atoms with van der Waals surface area (Å²) in [5.41, 5.74) is 0.399. The summed E-state index contributed by atoms with van der Waals surface area (Å²) in [4.78, 5) is 2.56. The molecule has 0 bridgehead atoms. The fourth-order valence-electron chi connectivity index (χ4n) is 4.92. The second-order valence-corrected chi connectivity index (χ2v) is 7.70. The van der Waals surface area contributed by atoms with Crippen molar-refractivity contribution >= 4 is 0 Å². The van der Waals surface area contributed by atoms with E-state index in [1.165, 1.54) is 57.8 Å². The first kappa shape index (κ1) is 16.3. The molecule has 1 N–H and O–H groups in total. The van der Waals surface area contributed by atoms with E-state index in [-0.39, 0.29) is 0 Å². The summed E-state index contributed by atoms with van der Waals surface area (Å²) >= 11 is 0. The maximum atomic E-state index is 3.88. The molecule has 2 heteroatoms. The first-order valence-corrected chi connectivity index (χ1v) is 8.99. The number of hydrogen-bond donors (Lipinski definition) is 1. The van der Waals surface area contributed by atoms with E-state index in [0.29, 0.717) is 11.6 Å². The molecule has 0 spiro atoms. The van der Waals surface area contributed by atoms with Gasteiger partial charge in [-0.2, -0.15) is 0 Å². The first-order valence-electron chi connectivity index (χ1n) is 8.99. The molecule has 3 unspecified atom stereocenters. The minimum absolute atomic E-state index is 0.399. The van der Waals surface area contributed by atoms with Crippen LogP contribution in [0, 0.1) is 11.8 Å². The normalized spacial score (nSPS) is 33.8. The van der Waals surface area contributed by atoms with Crippen LogP contribution in [0.1, 0.15) is 71.6 Å². The lowest BCUT2D eigenvalue weighted by Gasteiger charge is -2.51. The maximum absolute atomic E-state index is 3.88. The van der Waals surface area contributed by atoms with Crippen LogP contribution >= 0.6 is 0 Å². The number of rotatable bonds is 6. The second-order valence-electron chi connectivity index (χ2n) is 7.70. The molecular weight excluding hydrogens is 244 g/mol. The molecule has 2 saturated carbocycles. The number of likely N-dealkylation sites (N-methyl/N-ethyl adjacent to an activating group) is 2. The third-order valence-corrected chi connectivity index (χ3v) is 6.04. The van der Waals surface area contributed by atoms with E-state index in [9.17, 15) is 0 Å². The van der Waals surface area contributed by atoms with Gasteiger partial charge < -0.3 is 10.2 Å². The van der Waals surface area contributed by atoms with E-state index in [0.717, 1.165) is 18.4 Å². The minimum atomic E-state index is 0.399. The lowest BCUT2D eigenvalue weighted by atomic mass is 9.69. The fraction of sp³-hybridized carbons (Fsp3) is 1.00. The molecule has 2 nitrogen and oxygen atoms in total. The third kappa shape index (κ3) is 3.57. The summed E-state index contributed by atoms with van der Waals surface area (Å²) in [6, 6.07) is 0.688. The van der Waals surface area contributed by atoms with Crippen molar-refractivity contribution in [2.45, 2.75) is 83.2 Å². The van der Waals surface area contributed by atoms with Gasteiger partial charge >= 0.3 is 0 Å². The summed E-state index contributed by atoms with van der Waals surface area (Å²) in [5.74, 6) is 1.86. The van der Waals surface area contributed by atoms with Gasteiger partial charge in [-0.25, -0.2) is 0 Å². The molecule has 0 aliphatic heterocycles. The van der Waals surface area contributed by atoms with Crippen molar-refractivity contribution in [1.29, 1.82) is 0 Å². The highest BCUT2D eigenvalue weighted by Gasteiger charge is 2.44. The summed E-state index contributed by atoms with van der Waals surface area (Å²) in [6.07, 6.45) is 12.9. The molecule has 20 heavy (non-hydrogen) atoms. The van der Waals surface area contributed by atoms with Crippen LogP contribution in [-0.4, -0.2) is 37.1 Å². The molecular formula is C18H36N2. The molecule has 2 aliphatic rings. The van der Waals surface area contributed by atoms with Gasteiger partial charge in [0.2, 0.25) is 0 Å². The molecule has 0 radical (unpaired) electrons. The smallest absolute Gasteiger partial charge is 0.0359 e. The summed E-state index contributed by atoms with van der Waals surface area (Å²) < 4.78 is 0. The second kappa shape index (κ2) is 7.26. The van der Waals surface area contributed by atoms with E-state index in [2.05, 4.69) is 38.2 Å². The standard InChI is InChI=1S/C18H36N2/c1-5-19-17(13-16-10-6-7-11-16)18(20(3)4)12-8-9-15(2)14-18/h15-17,19H,5-14H2,1-4H3. The Morgan fingerprint density at radius 3 is 2.40 bits per heavy atom. The van der Waals surface area contributed by atoms with Crippen LogP contribution < -0.4 is 5.32 Å². The van der Waals surface area contributed by atoms with Crippen molar-refractivity contribution in [2.75, 3.05) is 20.6 Å². The molecule has 3 atom stereocenters. The van der Waals surface area contributed by atoms with Crippen molar-refractivity contribution in [3.63, 3.8) is 0 Å². The van der Waals surface area contributed by atoms with Gasteiger partial charge in [0.1, 0.15) is 0 Å². The zero-order valence-corrected chi connectivity index (χ0v) is 14.3. The van der Waals surface area contributed by atoms with Crippen LogP contribution in [0.3, 0.4) is 0 Å². The Balaban J connectivity index is 2.12. The van der Waals surface area contributed by atoms with Crippen LogP contribution in [0.15, 0.2) is 0 Å². The van der Waals surface area contributed by atoms with Gasteiger partial charge in [0.25, 0.3) is 0 Å². The summed E-state index contributed by atoms with van der Waals surface area (Å²) in [5, 5.41) is 3.88. The highest BCUT2D eigenvalue weighted by Crippen LogP contribution is 2.41. The molecule has 118 valence electrons. The Hall–Kier alpha value is -0.0800. The topological polar surface area (TPSA) is 15.3 Å². The van der Waals surface area contributed by atoms with Gasteiger partial charge in [0.05, 0.1) is 0 Å². The lowest BCUT2D eigenvalue weighted by molar-refractivity contribution is 0.0293. The summed E-state index contributed by atoms with van der Waals surface area (Å²) in [6.45, 7) is 5.84. The van der Waals surface area contributed by atoms with Crippen molar-refractivity contribution < 1.29 is 0 Å². The van der Waals surface area contributed by atoms with Gasteiger partial charge in [-0.1, -0.05) is 52.4 Å². The molecule has 2 aliphatic carbocycles. The lowest BCUT2D eigenvalue weighted by Crippen LogP contribution is -2.61. The summed E-state index contributed by atoms with van der Waals surface area (Å²) in [7, 11) is 4.63. The van der Waals surface area contributed by atoms with Gasteiger partial charge in [-0.3, -0.25) is 0 Å². The van der Waals surface area contributed by atoms with Crippen LogP contribution in [0.5, 0.6) is 0 Å². The molecule has 0 amide bonds. The Kier molecular flexibility index (Phi) is 5.92. The Morgan fingerprint density at radius 2 is 1.85 bits per heavy atom. The Labute approximate surface area is 126 Å². The van der Waals surface area contributed by atoms with Crippen LogP contribution in [-0.2, 0) is 0 Å². The van der Waals surface area contributed by atoms with Gasteiger partial charge in [-0.15, -0.1) is 0 Å². The van der Waals surface area contributed by atoms with Crippen LogP contribution in [0.25, 0.3) is 0 Å². The molecule has 2 fully saturated rings. The zero-order valence-electron chi connectivity index (χ0n) is 14.3. The largest absolute Gasteiger partial charge is 0.312 e. The van der Waals surface area contributed by atoms with Crippen molar-refractivity contribution in [1.82, 2.24) is 10.2 Å². The van der Waals surface area contributed by atoms with Crippen molar-refractivity contribution in [2.24, 2.45) is 11.8 Å². The molecule has 0 aromatic heterocycles. The average molecular weight is 280 g/mol. The highest BCUT2D eigenvalue weighted by atomic mass is 15.2. The SMILES string of the molecule is CCNC(CC1CCCC1)C1(N(C)C)CCCC(C)C1. The van der Waals surface area contributed by atoms with Crippen LogP contribution in [0.4, 0.5) is 0 Å². The molecule has 0 heterocycles. The molecule has 0 aromatic rings. The van der Waals surface area contributed by atoms with Gasteiger partial charge in [0, 0.05) is 11.6 Å². The van der Waals surface area contributed by atoms with Crippen molar-refractivity contribution in [3.05, 3.63) is 0 Å². The van der Waals surface area contributed by atoms with Gasteiger partial charge in [0.15, 0.2) is 0 Å². The van der Waals surface area contributed by atoms with E-state index >= 15 is 0 Å². The Morgan fingerprint density at radius 1 is 1.15 bits per heavy atom. The van der Waals surface area contributed by atoms with Gasteiger partial charge in [-0.05, 0) is 51.7 Å². The third-order valence-electron chi connectivity index (χ3n) is 6.04. The monoisotopic (exact) mass is 280 g/mol. The number of nitrogens with one attached hydrogen (secondary N) is 1. The molecule has 2 rings (SSSR count). The van der Waals surface area contributed by atoms with Crippen molar-refractivity contribution in [3.8, 4) is 0 Å². The highest BCUT2D eigenvalue weighted by molar-refractivity contribution is 5.02. The molecule has 0 saturated heterocycles. The van der Waals surface area contributed by atoms with Crippen LogP contribution in [0.2, 0.25) is 0 Å². The zero-order chi connectivity index (χ0) is 14.6. The van der Waals surface area contributed by atoms with E-state index in [1.54, 1.807) is 0 Å². The molecule has 0 aromatic carbocycles. The fourth-order valence-corrected chi connectivity index (χ4v) is 4.92. The number of hydrogen-bond acceptors (Lipinski definition) is 2. The quantitative estimate of drug-likeness (QED) is 0.789. The average Bonchev–Trinajstić information content (AvgIpc) is 2.91. The van der Waals surface area contributed by atoms with E-state index in [4.69, 9.17) is 0 Å². The first-order chi connectivity index (χ1) is 9.58. The maximum Gasteiger partial charge on any atom is 0.0359 e. The predicted molar refractivity (Wildman–Crippen MR) is 88.1 cm³/mol. The Bertz CT molecular complexity index is 283.